The summed E-state index contributed by atoms with van der Waals surface area (Å²) in [5, 5.41) is 10.8. The zero-order chi connectivity index (χ0) is 13.8. The smallest absolute Gasteiger partial charge is 0.258 e. The summed E-state index contributed by atoms with van der Waals surface area (Å²) in [6.45, 7) is 3.74. The zero-order valence-electron chi connectivity index (χ0n) is 10.6. The largest absolute Gasteiger partial charge is 0.306 e. The molecule has 19 heavy (non-hydrogen) atoms. The van der Waals surface area contributed by atoms with Crippen molar-refractivity contribution < 1.29 is 4.79 Å². The first-order chi connectivity index (χ1) is 9.11. The normalized spacial score (nSPS) is 10.3. The minimum absolute atomic E-state index is 0.228. The fraction of sp³-hybridized carbons (Fsp3) is 0.231. The van der Waals surface area contributed by atoms with Gasteiger partial charge in [0.05, 0.1) is 21.4 Å². The van der Waals surface area contributed by atoms with E-state index < -0.39 is 0 Å². The molecule has 2 aromatic rings. The molecule has 0 saturated heterocycles. The van der Waals surface area contributed by atoms with Crippen LogP contribution in [0.25, 0.3) is 0 Å². The Bertz CT molecular complexity index is 615. The second-order valence-electron chi connectivity index (χ2n) is 3.99. The molecule has 6 heteroatoms. The molecule has 0 atom stereocenters. The molecule has 0 bridgehead atoms. The van der Waals surface area contributed by atoms with E-state index in [0.29, 0.717) is 29.2 Å². The Hall–Kier alpha value is -1.82. The van der Waals surface area contributed by atoms with Gasteiger partial charge in [-0.05, 0) is 47.5 Å². The summed E-state index contributed by atoms with van der Waals surface area (Å²) in [5.74, 6) is 0.262. The van der Waals surface area contributed by atoms with Crippen LogP contribution in [0.15, 0.2) is 28.9 Å². The van der Waals surface area contributed by atoms with Gasteiger partial charge in [-0.25, -0.2) is 4.98 Å². The lowest BCUT2D eigenvalue weighted by molar-refractivity contribution is 0.102. The van der Waals surface area contributed by atoms with E-state index in [1.165, 1.54) is 0 Å². The number of anilines is 1. The van der Waals surface area contributed by atoms with Crippen molar-refractivity contribution in [3.63, 3.8) is 0 Å². The average Bonchev–Trinajstić information content (AvgIpc) is 2.41. The molecule has 0 fully saturated rings. The van der Waals surface area contributed by atoms with Crippen LogP contribution in [0.3, 0.4) is 0 Å². The molecule has 0 unspecified atom stereocenters. The van der Waals surface area contributed by atoms with E-state index in [1.54, 1.807) is 25.3 Å². The van der Waals surface area contributed by atoms with Gasteiger partial charge in [0, 0.05) is 6.20 Å². The number of pyridine rings is 1. The molecule has 2 aromatic heterocycles. The van der Waals surface area contributed by atoms with Crippen molar-refractivity contribution >= 4 is 27.7 Å². The summed E-state index contributed by atoms with van der Waals surface area (Å²) in [7, 11) is 0. The fourth-order valence-corrected chi connectivity index (χ4v) is 1.98. The number of carbonyl (C=O) groups excluding carboxylic acids is 1. The Morgan fingerprint density at radius 1 is 1.42 bits per heavy atom. The van der Waals surface area contributed by atoms with E-state index in [-0.39, 0.29) is 5.91 Å². The van der Waals surface area contributed by atoms with Crippen molar-refractivity contribution in [2.75, 3.05) is 5.32 Å². The predicted molar refractivity (Wildman–Crippen MR) is 76.0 cm³/mol. The number of rotatable bonds is 3. The Morgan fingerprint density at radius 3 is 2.89 bits per heavy atom. The number of hydrogen-bond acceptors (Lipinski definition) is 4. The van der Waals surface area contributed by atoms with Gasteiger partial charge in [0.15, 0.2) is 0 Å². The van der Waals surface area contributed by atoms with Crippen LogP contribution in [0.1, 0.15) is 28.7 Å². The van der Waals surface area contributed by atoms with Gasteiger partial charge in [-0.3, -0.25) is 4.79 Å². The second kappa shape index (κ2) is 5.88. The van der Waals surface area contributed by atoms with Crippen LogP contribution >= 0.6 is 15.9 Å². The topological polar surface area (TPSA) is 67.8 Å². The molecule has 0 saturated carbocycles. The zero-order valence-corrected chi connectivity index (χ0v) is 12.2. The van der Waals surface area contributed by atoms with Crippen molar-refractivity contribution in [1.82, 2.24) is 15.2 Å². The highest BCUT2D eigenvalue weighted by Crippen LogP contribution is 2.19. The van der Waals surface area contributed by atoms with Crippen LogP contribution in [-0.4, -0.2) is 21.1 Å². The van der Waals surface area contributed by atoms with E-state index in [4.69, 9.17) is 0 Å². The van der Waals surface area contributed by atoms with Gasteiger partial charge in [0.25, 0.3) is 5.91 Å². The first kappa shape index (κ1) is 13.6. The Morgan fingerprint density at radius 2 is 2.21 bits per heavy atom. The molecule has 2 heterocycles. The highest BCUT2D eigenvalue weighted by atomic mass is 79.9. The monoisotopic (exact) mass is 320 g/mol. The average molecular weight is 321 g/mol. The van der Waals surface area contributed by atoms with Gasteiger partial charge < -0.3 is 5.32 Å². The third kappa shape index (κ3) is 3.14. The van der Waals surface area contributed by atoms with Gasteiger partial charge in [-0.15, -0.1) is 0 Å². The number of amides is 1. The molecular weight excluding hydrogens is 308 g/mol. The fourth-order valence-electron chi connectivity index (χ4n) is 1.62. The van der Waals surface area contributed by atoms with Gasteiger partial charge in [-0.1, -0.05) is 6.92 Å². The number of halogens is 1. The van der Waals surface area contributed by atoms with Crippen LogP contribution in [-0.2, 0) is 6.42 Å². The Balaban J connectivity index is 2.30. The van der Waals surface area contributed by atoms with Gasteiger partial charge in [0.1, 0.15) is 5.82 Å². The Kier molecular flexibility index (Phi) is 4.21. The molecule has 0 aliphatic carbocycles. The summed E-state index contributed by atoms with van der Waals surface area (Å²) < 4.78 is 0.736. The molecule has 0 aromatic carbocycles. The lowest BCUT2D eigenvalue weighted by Crippen LogP contribution is -2.17. The molecule has 0 radical (unpaired) electrons. The Labute approximate surface area is 119 Å². The van der Waals surface area contributed by atoms with Crippen LogP contribution < -0.4 is 5.32 Å². The van der Waals surface area contributed by atoms with Crippen LogP contribution in [0.2, 0.25) is 0 Å². The number of nitrogens with one attached hydrogen (secondary N) is 1. The van der Waals surface area contributed by atoms with Crippen molar-refractivity contribution in [3.05, 3.63) is 45.8 Å². The number of aromatic nitrogens is 3. The lowest BCUT2D eigenvalue weighted by atomic mass is 10.1. The standard InChI is InChI=1S/C13H13BrN4O/c1-3-11-9(7-8(2)17-18-11)13(19)16-12-10(14)5-4-6-15-12/h4-7H,3H2,1-2H3,(H,15,16,19). The molecule has 5 nitrogen and oxygen atoms in total. The van der Waals surface area contributed by atoms with Gasteiger partial charge in [-0.2, -0.15) is 10.2 Å². The number of carbonyl (C=O) groups is 1. The van der Waals surface area contributed by atoms with Crippen molar-refractivity contribution in [1.29, 1.82) is 0 Å². The number of nitrogens with zero attached hydrogens (tertiary/aromatic N) is 3. The minimum atomic E-state index is -0.228. The molecular formula is C13H13BrN4O. The quantitative estimate of drug-likeness (QED) is 0.944. The maximum absolute atomic E-state index is 12.3. The first-order valence-electron chi connectivity index (χ1n) is 5.87. The highest BCUT2D eigenvalue weighted by Gasteiger charge is 2.14. The SMILES string of the molecule is CCc1nnc(C)cc1C(=O)Nc1ncccc1Br. The van der Waals surface area contributed by atoms with Crippen molar-refractivity contribution in [2.24, 2.45) is 0 Å². The maximum atomic E-state index is 12.3. The molecule has 0 spiro atoms. The van der Waals surface area contributed by atoms with Gasteiger partial charge in [0.2, 0.25) is 0 Å². The highest BCUT2D eigenvalue weighted by molar-refractivity contribution is 9.10. The molecule has 98 valence electrons. The summed E-state index contributed by atoms with van der Waals surface area (Å²) in [6, 6.07) is 5.34. The van der Waals surface area contributed by atoms with E-state index in [9.17, 15) is 4.79 Å². The second-order valence-corrected chi connectivity index (χ2v) is 4.84. The molecule has 0 aliphatic rings. The number of hydrogen-bond donors (Lipinski definition) is 1. The summed E-state index contributed by atoms with van der Waals surface area (Å²) in [5.41, 5.74) is 1.92. The molecule has 2 rings (SSSR count). The molecule has 1 N–H and O–H groups in total. The van der Waals surface area contributed by atoms with Crippen LogP contribution in [0, 0.1) is 6.92 Å². The van der Waals surface area contributed by atoms with Crippen LogP contribution in [0.5, 0.6) is 0 Å². The summed E-state index contributed by atoms with van der Waals surface area (Å²) in [6.07, 6.45) is 2.27. The maximum Gasteiger partial charge on any atom is 0.258 e. The van der Waals surface area contributed by atoms with Gasteiger partial charge >= 0.3 is 0 Å². The molecule has 1 amide bonds. The molecule has 0 aliphatic heterocycles. The van der Waals surface area contributed by atoms with E-state index in [1.807, 2.05) is 13.0 Å². The van der Waals surface area contributed by atoms with E-state index in [0.717, 1.165) is 4.47 Å². The number of aryl methyl sites for hydroxylation is 2. The van der Waals surface area contributed by atoms with Crippen molar-refractivity contribution in [2.45, 2.75) is 20.3 Å². The third-order valence-corrected chi connectivity index (χ3v) is 3.20. The summed E-state index contributed by atoms with van der Waals surface area (Å²) in [4.78, 5) is 16.4. The van der Waals surface area contributed by atoms with E-state index >= 15 is 0 Å². The predicted octanol–water partition coefficient (Wildman–Crippen LogP) is 2.76. The minimum Gasteiger partial charge on any atom is -0.306 e. The van der Waals surface area contributed by atoms with Crippen LogP contribution in [0.4, 0.5) is 5.82 Å². The third-order valence-electron chi connectivity index (χ3n) is 2.56. The summed E-state index contributed by atoms with van der Waals surface area (Å²) >= 11 is 3.34. The van der Waals surface area contributed by atoms with E-state index in [2.05, 4.69) is 36.4 Å². The van der Waals surface area contributed by atoms with Crippen molar-refractivity contribution in [3.8, 4) is 0 Å². The lowest BCUT2D eigenvalue weighted by Gasteiger charge is -2.08. The first-order valence-corrected chi connectivity index (χ1v) is 6.66.